The zero-order valence-electron chi connectivity index (χ0n) is 11.5. The van der Waals surface area contributed by atoms with Crippen LogP contribution in [0.1, 0.15) is 21.5 Å². The fourth-order valence-electron chi connectivity index (χ4n) is 2.23. The fraction of sp³-hybridized carbons (Fsp3) is 0.0588. The van der Waals surface area contributed by atoms with Gasteiger partial charge in [-0.3, -0.25) is 4.79 Å². The van der Waals surface area contributed by atoms with E-state index >= 15 is 0 Å². The van der Waals surface area contributed by atoms with Crippen LogP contribution in [-0.4, -0.2) is 15.8 Å². The molecule has 0 spiro atoms. The number of H-pyrrole nitrogens is 2. The van der Waals surface area contributed by atoms with Crippen molar-refractivity contribution in [3.63, 3.8) is 0 Å². The molecule has 0 saturated heterocycles. The van der Waals surface area contributed by atoms with Gasteiger partial charge in [0.1, 0.15) is 0 Å². The molecule has 1 aromatic heterocycles. The lowest BCUT2D eigenvalue weighted by Gasteiger charge is -1.97. The van der Waals surface area contributed by atoms with Crippen LogP contribution >= 0.6 is 0 Å². The first kappa shape index (κ1) is 13.1. The second kappa shape index (κ2) is 5.25. The van der Waals surface area contributed by atoms with E-state index in [9.17, 15) is 9.59 Å². The van der Waals surface area contributed by atoms with Crippen LogP contribution in [0.4, 0.5) is 0 Å². The first-order chi connectivity index (χ1) is 10.1. The number of carbonyl (C=O) groups excluding carboxylic acids is 1. The smallest absolute Gasteiger partial charge is 0.306 e. The summed E-state index contributed by atoms with van der Waals surface area (Å²) < 4.78 is 0. The van der Waals surface area contributed by atoms with Gasteiger partial charge in [-0.1, -0.05) is 35.9 Å². The third-order valence-electron chi connectivity index (χ3n) is 3.27. The number of fused-ring (bicyclic) bond motifs is 1. The minimum Gasteiger partial charge on any atom is -0.306 e. The maximum absolute atomic E-state index is 12.2. The van der Waals surface area contributed by atoms with E-state index in [2.05, 4.69) is 9.97 Å². The molecule has 3 rings (SSSR count). The summed E-state index contributed by atoms with van der Waals surface area (Å²) in [5.74, 6) is -0.0968. The van der Waals surface area contributed by atoms with Gasteiger partial charge in [0.05, 0.1) is 11.0 Å². The second-order valence-electron chi connectivity index (χ2n) is 4.95. The Morgan fingerprint density at radius 1 is 1.05 bits per heavy atom. The highest BCUT2D eigenvalue weighted by Gasteiger charge is 2.05. The van der Waals surface area contributed by atoms with Gasteiger partial charge in [0, 0.05) is 5.56 Å². The maximum atomic E-state index is 12.2. The number of carbonyl (C=O) groups is 1. The molecule has 1 heterocycles. The Hall–Kier alpha value is -2.88. The van der Waals surface area contributed by atoms with Crippen LogP contribution in [0.15, 0.2) is 53.3 Å². The minimum absolute atomic E-state index is 0.0968. The summed E-state index contributed by atoms with van der Waals surface area (Å²) in [4.78, 5) is 28.7. The number of aromatic nitrogens is 2. The second-order valence-corrected chi connectivity index (χ2v) is 4.95. The zero-order chi connectivity index (χ0) is 14.8. The summed E-state index contributed by atoms with van der Waals surface area (Å²) in [6, 6.07) is 13.0. The van der Waals surface area contributed by atoms with Gasteiger partial charge in [-0.2, -0.15) is 0 Å². The molecule has 0 fully saturated rings. The van der Waals surface area contributed by atoms with E-state index in [1.165, 1.54) is 0 Å². The summed E-state index contributed by atoms with van der Waals surface area (Å²) in [6.45, 7) is 2.01. The van der Waals surface area contributed by atoms with E-state index in [0.717, 1.165) is 11.1 Å². The topological polar surface area (TPSA) is 65.7 Å². The molecule has 0 aliphatic heterocycles. The van der Waals surface area contributed by atoms with Crippen LogP contribution in [0.3, 0.4) is 0 Å². The zero-order valence-corrected chi connectivity index (χ0v) is 11.5. The van der Waals surface area contributed by atoms with Crippen molar-refractivity contribution in [2.45, 2.75) is 6.92 Å². The molecule has 0 atom stereocenters. The molecule has 4 heteroatoms. The van der Waals surface area contributed by atoms with Crippen molar-refractivity contribution in [3.05, 3.63) is 75.7 Å². The lowest BCUT2D eigenvalue weighted by atomic mass is 10.1. The number of benzene rings is 2. The van der Waals surface area contributed by atoms with E-state index in [0.29, 0.717) is 16.6 Å². The molecule has 0 bridgehead atoms. The van der Waals surface area contributed by atoms with Crippen molar-refractivity contribution in [2.24, 2.45) is 0 Å². The third kappa shape index (κ3) is 2.84. The molecule has 0 radical (unpaired) electrons. The van der Waals surface area contributed by atoms with Crippen molar-refractivity contribution in [1.29, 1.82) is 0 Å². The molecular weight excluding hydrogens is 264 g/mol. The number of imidazole rings is 1. The van der Waals surface area contributed by atoms with Crippen molar-refractivity contribution < 1.29 is 4.79 Å². The SMILES string of the molecule is Cc1cccc(/C=C/C(=O)c2ccc3[nH]c(=O)[nH]c3c2)c1. The monoisotopic (exact) mass is 278 g/mol. The highest BCUT2D eigenvalue weighted by atomic mass is 16.1. The van der Waals surface area contributed by atoms with E-state index in [4.69, 9.17) is 0 Å². The highest BCUT2D eigenvalue weighted by Crippen LogP contribution is 2.12. The number of hydrogen-bond donors (Lipinski definition) is 2. The van der Waals surface area contributed by atoms with Crippen molar-refractivity contribution >= 4 is 22.9 Å². The number of rotatable bonds is 3. The standard InChI is InChI=1S/C17H14N2O2/c1-11-3-2-4-12(9-11)5-8-16(20)13-6-7-14-15(10-13)19-17(21)18-14/h2-10H,1H3,(H2,18,19,21)/b8-5+. The molecule has 0 aliphatic rings. The van der Waals surface area contributed by atoms with E-state index in [1.54, 1.807) is 30.4 Å². The lowest BCUT2D eigenvalue weighted by molar-refractivity contribution is 0.104. The molecule has 0 saturated carbocycles. The van der Waals surface area contributed by atoms with Gasteiger partial charge < -0.3 is 9.97 Å². The number of aromatic amines is 2. The summed E-state index contributed by atoms with van der Waals surface area (Å²) in [5, 5.41) is 0. The predicted molar refractivity (Wildman–Crippen MR) is 83.5 cm³/mol. The number of nitrogens with one attached hydrogen (secondary N) is 2. The van der Waals surface area contributed by atoms with Crippen LogP contribution < -0.4 is 5.69 Å². The van der Waals surface area contributed by atoms with Gasteiger partial charge in [0.2, 0.25) is 0 Å². The van der Waals surface area contributed by atoms with Gasteiger partial charge in [-0.05, 0) is 36.8 Å². The predicted octanol–water partition coefficient (Wildman–Crippen LogP) is 3.06. The van der Waals surface area contributed by atoms with Gasteiger partial charge >= 0.3 is 5.69 Å². The van der Waals surface area contributed by atoms with Crippen molar-refractivity contribution in [2.75, 3.05) is 0 Å². The Bertz CT molecular complexity index is 900. The summed E-state index contributed by atoms with van der Waals surface area (Å²) in [6.07, 6.45) is 3.33. The summed E-state index contributed by atoms with van der Waals surface area (Å²) in [5.41, 5.74) is 3.73. The average molecular weight is 278 g/mol. The number of hydrogen-bond acceptors (Lipinski definition) is 2. The number of allylic oxidation sites excluding steroid dienone is 1. The van der Waals surface area contributed by atoms with Crippen LogP contribution in [0.5, 0.6) is 0 Å². The Balaban J connectivity index is 1.88. The fourth-order valence-corrected chi connectivity index (χ4v) is 2.23. The Kier molecular flexibility index (Phi) is 3.28. The van der Waals surface area contributed by atoms with Crippen molar-refractivity contribution in [1.82, 2.24) is 9.97 Å². The van der Waals surface area contributed by atoms with Gasteiger partial charge in [-0.25, -0.2) is 4.79 Å². The number of ketones is 1. The molecule has 0 amide bonds. The molecular formula is C17H14N2O2. The normalized spacial score (nSPS) is 11.3. The van der Waals surface area contributed by atoms with Crippen molar-refractivity contribution in [3.8, 4) is 0 Å². The quantitative estimate of drug-likeness (QED) is 0.571. The molecule has 2 N–H and O–H groups in total. The average Bonchev–Trinajstić information content (AvgIpc) is 2.84. The maximum Gasteiger partial charge on any atom is 0.323 e. The summed E-state index contributed by atoms with van der Waals surface area (Å²) >= 11 is 0. The van der Waals surface area contributed by atoms with Gasteiger partial charge in [0.25, 0.3) is 0 Å². The minimum atomic E-state index is -0.273. The van der Waals surface area contributed by atoms with Crippen LogP contribution in [-0.2, 0) is 0 Å². The molecule has 104 valence electrons. The Morgan fingerprint density at radius 2 is 1.86 bits per heavy atom. The lowest BCUT2D eigenvalue weighted by Crippen LogP contribution is -1.99. The van der Waals surface area contributed by atoms with E-state index in [1.807, 2.05) is 31.2 Å². The molecule has 3 aromatic rings. The molecule has 0 aliphatic carbocycles. The van der Waals surface area contributed by atoms with Gasteiger partial charge in [-0.15, -0.1) is 0 Å². The molecule has 2 aromatic carbocycles. The molecule has 0 unspecified atom stereocenters. The van der Waals surface area contributed by atoms with E-state index in [-0.39, 0.29) is 11.5 Å². The Labute approximate surface area is 121 Å². The highest BCUT2D eigenvalue weighted by molar-refractivity contribution is 6.08. The first-order valence-corrected chi connectivity index (χ1v) is 6.63. The Morgan fingerprint density at radius 3 is 2.67 bits per heavy atom. The molecule has 21 heavy (non-hydrogen) atoms. The van der Waals surface area contributed by atoms with Crippen LogP contribution in [0, 0.1) is 6.92 Å². The number of aryl methyl sites for hydroxylation is 1. The first-order valence-electron chi connectivity index (χ1n) is 6.63. The summed E-state index contributed by atoms with van der Waals surface area (Å²) in [7, 11) is 0. The van der Waals surface area contributed by atoms with Gasteiger partial charge in [0.15, 0.2) is 5.78 Å². The molecule has 4 nitrogen and oxygen atoms in total. The van der Waals surface area contributed by atoms with E-state index < -0.39 is 0 Å². The van der Waals surface area contributed by atoms with Crippen LogP contribution in [0.2, 0.25) is 0 Å². The van der Waals surface area contributed by atoms with Crippen LogP contribution in [0.25, 0.3) is 17.1 Å². The third-order valence-corrected chi connectivity index (χ3v) is 3.27. The largest absolute Gasteiger partial charge is 0.323 e.